The highest BCUT2D eigenvalue weighted by Crippen LogP contribution is 2.44. The third kappa shape index (κ3) is 4.23. The van der Waals surface area contributed by atoms with Crippen molar-refractivity contribution in [3.05, 3.63) is 99.4 Å². The molecule has 0 aliphatic heterocycles. The smallest absolute Gasteiger partial charge is 0.407 e. The lowest BCUT2D eigenvalue weighted by atomic mass is 9.98. The van der Waals surface area contributed by atoms with Gasteiger partial charge in [-0.1, -0.05) is 60.4 Å². The average Bonchev–Trinajstić information content (AvgIpc) is 3.10. The number of nitrogens with one attached hydrogen (secondary N) is 1. The van der Waals surface area contributed by atoms with Crippen molar-refractivity contribution >= 4 is 11.8 Å². The molecule has 0 fully saturated rings. The minimum absolute atomic E-state index is 0.0121. The molecule has 0 unspecified atom stereocenters. The molecule has 1 aliphatic rings. The number of nitro groups is 1. The molecule has 1 aliphatic carbocycles. The van der Waals surface area contributed by atoms with E-state index in [2.05, 4.69) is 29.3 Å². The first-order chi connectivity index (χ1) is 15.0. The van der Waals surface area contributed by atoms with Crippen LogP contribution in [0.3, 0.4) is 0 Å². The van der Waals surface area contributed by atoms with E-state index in [1.807, 2.05) is 36.4 Å². The summed E-state index contributed by atoms with van der Waals surface area (Å²) < 4.78 is 18.8. The largest absolute Gasteiger partial charge is 0.449 e. The Kier molecular flexibility index (Phi) is 5.63. The number of rotatable bonds is 4. The molecular formula is C24H17FN2O4. The summed E-state index contributed by atoms with van der Waals surface area (Å²) in [6.07, 6.45) is -0.610. The van der Waals surface area contributed by atoms with E-state index in [4.69, 9.17) is 4.74 Å². The molecule has 0 saturated heterocycles. The highest BCUT2D eigenvalue weighted by molar-refractivity contribution is 5.79. The first kappa shape index (κ1) is 20.1. The Labute approximate surface area is 177 Å². The summed E-state index contributed by atoms with van der Waals surface area (Å²) in [5.74, 6) is 4.36. The van der Waals surface area contributed by atoms with Gasteiger partial charge in [0, 0.05) is 17.5 Å². The molecule has 154 valence electrons. The van der Waals surface area contributed by atoms with Gasteiger partial charge in [0.15, 0.2) is 0 Å². The van der Waals surface area contributed by atoms with E-state index in [1.54, 1.807) is 0 Å². The van der Waals surface area contributed by atoms with Gasteiger partial charge in [-0.2, -0.15) is 4.39 Å². The molecule has 1 amide bonds. The number of fused-ring (bicyclic) bond motifs is 3. The molecule has 6 nitrogen and oxygen atoms in total. The number of ether oxygens (including phenoxy) is 1. The fourth-order valence-electron chi connectivity index (χ4n) is 3.64. The minimum Gasteiger partial charge on any atom is -0.449 e. The summed E-state index contributed by atoms with van der Waals surface area (Å²) in [5.41, 5.74) is 4.17. The van der Waals surface area contributed by atoms with E-state index < -0.39 is 22.5 Å². The van der Waals surface area contributed by atoms with Crippen LogP contribution < -0.4 is 5.32 Å². The van der Waals surface area contributed by atoms with E-state index in [1.165, 1.54) is 6.07 Å². The van der Waals surface area contributed by atoms with Gasteiger partial charge in [-0.15, -0.1) is 0 Å². The molecule has 31 heavy (non-hydrogen) atoms. The summed E-state index contributed by atoms with van der Waals surface area (Å²) >= 11 is 0. The zero-order valence-electron chi connectivity index (χ0n) is 16.3. The van der Waals surface area contributed by atoms with E-state index in [9.17, 15) is 19.3 Å². The Bertz CT molecular complexity index is 1180. The van der Waals surface area contributed by atoms with Gasteiger partial charge in [0.2, 0.25) is 5.82 Å². The van der Waals surface area contributed by atoms with Crippen LogP contribution in [-0.2, 0) is 4.74 Å². The van der Waals surface area contributed by atoms with Gasteiger partial charge in [0.1, 0.15) is 6.61 Å². The maximum atomic E-state index is 13.3. The maximum absolute atomic E-state index is 13.3. The second kappa shape index (κ2) is 8.67. The summed E-state index contributed by atoms with van der Waals surface area (Å²) in [6, 6.07) is 19.5. The standard InChI is InChI=1S/C24H17FN2O4/c25-22-12-11-16(14-23(22)27(29)30)6-5-13-26-24(28)31-15-21-19-9-3-1-7-17(19)18-8-2-4-10-20(18)21/h1-4,7-12,14,21H,13,15H2,(H,26,28). The molecule has 7 heteroatoms. The zero-order chi connectivity index (χ0) is 21.8. The van der Waals surface area contributed by atoms with E-state index in [0.29, 0.717) is 0 Å². The number of nitrogens with zero attached hydrogens (tertiary/aromatic N) is 1. The molecule has 0 heterocycles. The normalized spacial score (nSPS) is 11.6. The first-order valence-corrected chi connectivity index (χ1v) is 9.56. The molecule has 0 radical (unpaired) electrons. The van der Waals surface area contributed by atoms with Gasteiger partial charge in [-0.3, -0.25) is 10.1 Å². The van der Waals surface area contributed by atoms with Crippen molar-refractivity contribution in [2.24, 2.45) is 0 Å². The number of alkyl carbamates (subject to hydrolysis) is 1. The lowest BCUT2D eigenvalue weighted by Crippen LogP contribution is -2.26. The Morgan fingerprint density at radius 2 is 1.71 bits per heavy atom. The molecule has 0 spiro atoms. The monoisotopic (exact) mass is 416 g/mol. The van der Waals surface area contributed by atoms with Crippen molar-refractivity contribution in [2.45, 2.75) is 5.92 Å². The predicted molar refractivity (Wildman–Crippen MR) is 113 cm³/mol. The molecule has 0 aromatic heterocycles. The van der Waals surface area contributed by atoms with Gasteiger partial charge in [0.05, 0.1) is 11.5 Å². The Morgan fingerprint density at radius 1 is 1.06 bits per heavy atom. The van der Waals surface area contributed by atoms with Crippen molar-refractivity contribution < 1.29 is 18.8 Å². The molecule has 0 atom stereocenters. The topological polar surface area (TPSA) is 81.5 Å². The van der Waals surface area contributed by atoms with Crippen molar-refractivity contribution in [1.29, 1.82) is 0 Å². The van der Waals surface area contributed by atoms with Gasteiger partial charge < -0.3 is 10.1 Å². The summed E-state index contributed by atoms with van der Waals surface area (Å²) in [6.45, 7) is 0.180. The SMILES string of the molecule is O=C(NCC#Cc1ccc(F)c([N+](=O)[O-])c1)OCC1c2ccccc2-c2ccccc21. The van der Waals surface area contributed by atoms with Crippen LogP contribution in [0.1, 0.15) is 22.6 Å². The lowest BCUT2D eigenvalue weighted by molar-refractivity contribution is -0.387. The first-order valence-electron chi connectivity index (χ1n) is 9.56. The minimum atomic E-state index is -0.924. The maximum Gasteiger partial charge on any atom is 0.407 e. The molecule has 0 saturated carbocycles. The Hall–Kier alpha value is -4.18. The molecule has 3 aromatic rings. The second-order valence-electron chi connectivity index (χ2n) is 6.90. The molecule has 1 N–H and O–H groups in total. The van der Waals surface area contributed by atoms with Gasteiger partial charge in [-0.25, -0.2) is 4.79 Å². The van der Waals surface area contributed by atoms with Crippen molar-refractivity contribution in [2.75, 3.05) is 13.2 Å². The number of hydrogen-bond acceptors (Lipinski definition) is 4. The third-order valence-corrected chi connectivity index (χ3v) is 5.04. The molecular weight excluding hydrogens is 399 g/mol. The Balaban J connectivity index is 1.35. The third-order valence-electron chi connectivity index (χ3n) is 5.04. The van der Waals surface area contributed by atoms with E-state index >= 15 is 0 Å². The number of carbonyl (C=O) groups is 1. The van der Waals surface area contributed by atoms with E-state index in [-0.39, 0.29) is 24.6 Å². The van der Waals surface area contributed by atoms with Crippen molar-refractivity contribution in [1.82, 2.24) is 5.32 Å². The fraction of sp³-hybridized carbons (Fsp3) is 0.125. The van der Waals surface area contributed by atoms with Crippen LogP contribution in [0, 0.1) is 27.8 Å². The number of nitro benzene ring substituents is 1. The molecule has 3 aromatic carbocycles. The van der Waals surface area contributed by atoms with Gasteiger partial charge in [-0.05, 0) is 34.4 Å². The van der Waals surface area contributed by atoms with Crippen LogP contribution in [-0.4, -0.2) is 24.2 Å². The van der Waals surface area contributed by atoms with Crippen LogP contribution in [0.5, 0.6) is 0 Å². The summed E-state index contributed by atoms with van der Waals surface area (Å²) in [4.78, 5) is 22.0. The number of carbonyl (C=O) groups excluding carboxylic acids is 1. The number of halogens is 1. The quantitative estimate of drug-likeness (QED) is 0.382. The predicted octanol–water partition coefficient (Wildman–Crippen LogP) is 4.62. The summed E-state index contributed by atoms with van der Waals surface area (Å²) in [5, 5.41) is 13.3. The van der Waals surface area contributed by atoms with Crippen LogP contribution in [0.25, 0.3) is 11.1 Å². The number of amides is 1. The van der Waals surface area contributed by atoms with E-state index in [0.717, 1.165) is 34.4 Å². The van der Waals surface area contributed by atoms with Crippen LogP contribution >= 0.6 is 0 Å². The van der Waals surface area contributed by atoms with Crippen LogP contribution in [0.15, 0.2) is 66.7 Å². The second-order valence-corrected chi connectivity index (χ2v) is 6.90. The highest BCUT2D eigenvalue weighted by atomic mass is 19.1. The van der Waals surface area contributed by atoms with Gasteiger partial charge in [0.25, 0.3) is 0 Å². The average molecular weight is 416 g/mol. The van der Waals surface area contributed by atoms with Crippen molar-refractivity contribution in [3.8, 4) is 23.0 Å². The molecule has 4 rings (SSSR count). The number of hydrogen-bond donors (Lipinski definition) is 1. The van der Waals surface area contributed by atoms with Crippen LogP contribution in [0.2, 0.25) is 0 Å². The molecule has 0 bridgehead atoms. The fourth-order valence-corrected chi connectivity index (χ4v) is 3.64. The lowest BCUT2D eigenvalue weighted by Gasteiger charge is -2.14. The zero-order valence-corrected chi connectivity index (χ0v) is 16.3. The number of benzene rings is 3. The highest BCUT2D eigenvalue weighted by Gasteiger charge is 2.28. The summed E-state index contributed by atoms with van der Waals surface area (Å²) in [7, 11) is 0. The Morgan fingerprint density at radius 3 is 2.35 bits per heavy atom. The van der Waals surface area contributed by atoms with Gasteiger partial charge >= 0.3 is 11.8 Å². The van der Waals surface area contributed by atoms with Crippen LogP contribution in [0.4, 0.5) is 14.9 Å². The van der Waals surface area contributed by atoms with Crippen molar-refractivity contribution in [3.63, 3.8) is 0 Å².